The number of rotatable bonds is 3. The minimum Gasteiger partial charge on any atom is -0.462 e. The molecule has 0 spiro atoms. The monoisotopic (exact) mass is 304 g/mol. The van der Waals surface area contributed by atoms with Crippen LogP contribution in [0.4, 0.5) is 0 Å². The lowest BCUT2D eigenvalue weighted by molar-refractivity contribution is 0.0457. The molecular formula is C11H13IO2. The molecule has 1 aromatic rings. The number of hydrogen-bond donors (Lipinski definition) is 0. The Kier molecular flexibility index (Phi) is 4.38. The molecule has 0 N–H and O–H groups in total. The van der Waals surface area contributed by atoms with Crippen LogP contribution in [0.3, 0.4) is 0 Å². The van der Waals surface area contributed by atoms with Crippen molar-refractivity contribution in [3.05, 3.63) is 33.4 Å². The maximum atomic E-state index is 11.5. The summed E-state index contributed by atoms with van der Waals surface area (Å²) in [7, 11) is 0. The highest BCUT2D eigenvalue weighted by Gasteiger charge is 2.10. The standard InChI is InChI=1S/C11H13IO2/c1-8(2)7-14-11(13)9-5-3-4-6-10(9)12/h3-6,8H,7H2,1-2H3. The smallest absolute Gasteiger partial charge is 0.339 e. The van der Waals surface area contributed by atoms with Crippen LogP contribution >= 0.6 is 22.6 Å². The van der Waals surface area contributed by atoms with Crippen molar-refractivity contribution < 1.29 is 9.53 Å². The van der Waals surface area contributed by atoms with Crippen LogP contribution in [0.25, 0.3) is 0 Å². The zero-order valence-electron chi connectivity index (χ0n) is 8.29. The first-order valence-electron chi connectivity index (χ1n) is 4.53. The highest BCUT2D eigenvalue weighted by Crippen LogP contribution is 2.12. The molecule has 0 atom stereocenters. The molecule has 0 aliphatic rings. The van der Waals surface area contributed by atoms with Crippen molar-refractivity contribution in [2.24, 2.45) is 5.92 Å². The molecule has 0 radical (unpaired) electrons. The van der Waals surface area contributed by atoms with Gasteiger partial charge in [-0.25, -0.2) is 4.79 Å². The number of ether oxygens (including phenoxy) is 1. The number of carbonyl (C=O) groups excluding carboxylic acids is 1. The van der Waals surface area contributed by atoms with Crippen LogP contribution in [0, 0.1) is 9.49 Å². The number of esters is 1. The molecule has 0 aliphatic carbocycles. The first-order chi connectivity index (χ1) is 6.61. The van der Waals surface area contributed by atoms with E-state index in [4.69, 9.17) is 4.74 Å². The summed E-state index contributed by atoms with van der Waals surface area (Å²) in [6.45, 7) is 4.51. The third-order valence-electron chi connectivity index (χ3n) is 1.64. The molecular weight excluding hydrogens is 291 g/mol. The van der Waals surface area contributed by atoms with Crippen LogP contribution in [0.1, 0.15) is 24.2 Å². The molecule has 0 aromatic heterocycles. The van der Waals surface area contributed by atoms with Gasteiger partial charge in [0, 0.05) is 3.57 Å². The minimum absolute atomic E-state index is 0.233. The molecule has 1 aromatic carbocycles. The molecule has 0 unspecified atom stereocenters. The van der Waals surface area contributed by atoms with Crippen LogP contribution in [0.5, 0.6) is 0 Å². The second-order valence-corrected chi connectivity index (χ2v) is 4.63. The van der Waals surface area contributed by atoms with E-state index >= 15 is 0 Å². The highest BCUT2D eigenvalue weighted by atomic mass is 127. The van der Waals surface area contributed by atoms with Crippen molar-refractivity contribution in [3.8, 4) is 0 Å². The van der Waals surface area contributed by atoms with Gasteiger partial charge < -0.3 is 4.74 Å². The largest absolute Gasteiger partial charge is 0.462 e. The maximum absolute atomic E-state index is 11.5. The molecule has 2 nitrogen and oxygen atoms in total. The van der Waals surface area contributed by atoms with Gasteiger partial charge in [-0.05, 0) is 40.6 Å². The van der Waals surface area contributed by atoms with E-state index in [0.29, 0.717) is 18.1 Å². The first-order valence-corrected chi connectivity index (χ1v) is 5.60. The molecule has 0 bridgehead atoms. The average molecular weight is 304 g/mol. The topological polar surface area (TPSA) is 26.3 Å². The summed E-state index contributed by atoms with van der Waals surface area (Å²) in [6.07, 6.45) is 0. The normalized spacial score (nSPS) is 10.3. The van der Waals surface area contributed by atoms with Crippen molar-refractivity contribution in [3.63, 3.8) is 0 Å². The second kappa shape index (κ2) is 5.34. The Labute approximate surface area is 97.8 Å². The summed E-state index contributed by atoms with van der Waals surface area (Å²) in [5.41, 5.74) is 0.647. The Morgan fingerprint density at radius 2 is 2.07 bits per heavy atom. The summed E-state index contributed by atoms with van der Waals surface area (Å²) in [5, 5.41) is 0. The van der Waals surface area contributed by atoms with E-state index in [-0.39, 0.29) is 5.97 Å². The number of carbonyl (C=O) groups is 1. The zero-order valence-corrected chi connectivity index (χ0v) is 10.4. The van der Waals surface area contributed by atoms with Crippen molar-refractivity contribution >= 4 is 28.6 Å². The van der Waals surface area contributed by atoms with E-state index in [1.807, 2.05) is 32.0 Å². The number of halogens is 1. The summed E-state index contributed by atoms with van der Waals surface area (Å²) in [6, 6.07) is 7.42. The van der Waals surface area contributed by atoms with Crippen molar-refractivity contribution in [2.75, 3.05) is 6.61 Å². The van der Waals surface area contributed by atoms with Gasteiger partial charge in [0.2, 0.25) is 0 Å². The fourth-order valence-corrected chi connectivity index (χ4v) is 1.55. The Hall–Kier alpha value is -0.580. The lowest BCUT2D eigenvalue weighted by Crippen LogP contribution is -2.11. The zero-order chi connectivity index (χ0) is 10.6. The van der Waals surface area contributed by atoms with Gasteiger partial charge in [-0.2, -0.15) is 0 Å². The fraction of sp³-hybridized carbons (Fsp3) is 0.364. The van der Waals surface area contributed by atoms with E-state index in [1.165, 1.54) is 0 Å². The van der Waals surface area contributed by atoms with Gasteiger partial charge >= 0.3 is 5.97 Å². The molecule has 14 heavy (non-hydrogen) atoms. The van der Waals surface area contributed by atoms with Crippen LogP contribution < -0.4 is 0 Å². The number of benzene rings is 1. The second-order valence-electron chi connectivity index (χ2n) is 3.47. The number of hydrogen-bond acceptors (Lipinski definition) is 2. The van der Waals surface area contributed by atoms with Crippen LogP contribution in [0.15, 0.2) is 24.3 Å². The molecule has 3 heteroatoms. The molecule has 0 saturated carbocycles. The molecule has 0 saturated heterocycles. The van der Waals surface area contributed by atoms with Gasteiger partial charge in [-0.15, -0.1) is 0 Å². The molecule has 76 valence electrons. The lowest BCUT2D eigenvalue weighted by atomic mass is 10.2. The van der Waals surface area contributed by atoms with Gasteiger partial charge in [0.05, 0.1) is 12.2 Å². The SMILES string of the molecule is CC(C)COC(=O)c1ccccc1I. The summed E-state index contributed by atoms with van der Waals surface area (Å²) < 4.78 is 6.06. The van der Waals surface area contributed by atoms with Gasteiger partial charge in [0.15, 0.2) is 0 Å². The Morgan fingerprint density at radius 3 is 2.64 bits per heavy atom. The summed E-state index contributed by atoms with van der Waals surface area (Å²) >= 11 is 2.13. The Morgan fingerprint density at radius 1 is 1.43 bits per heavy atom. The van der Waals surface area contributed by atoms with E-state index in [1.54, 1.807) is 6.07 Å². The van der Waals surface area contributed by atoms with Crippen LogP contribution in [-0.2, 0) is 4.74 Å². The fourth-order valence-electron chi connectivity index (χ4n) is 0.947. The van der Waals surface area contributed by atoms with Crippen LogP contribution in [-0.4, -0.2) is 12.6 Å². The quantitative estimate of drug-likeness (QED) is 0.633. The minimum atomic E-state index is -0.233. The van der Waals surface area contributed by atoms with Gasteiger partial charge in [-0.3, -0.25) is 0 Å². The van der Waals surface area contributed by atoms with Crippen LogP contribution in [0.2, 0.25) is 0 Å². The van der Waals surface area contributed by atoms with Gasteiger partial charge in [0.25, 0.3) is 0 Å². The summed E-state index contributed by atoms with van der Waals surface area (Å²) in [5.74, 6) is 0.143. The van der Waals surface area contributed by atoms with Crippen molar-refractivity contribution in [2.45, 2.75) is 13.8 Å². The van der Waals surface area contributed by atoms with E-state index in [0.717, 1.165) is 3.57 Å². The third kappa shape index (κ3) is 3.29. The molecule has 0 amide bonds. The first kappa shape index (κ1) is 11.5. The third-order valence-corrected chi connectivity index (χ3v) is 2.58. The molecule has 1 rings (SSSR count). The highest BCUT2D eigenvalue weighted by molar-refractivity contribution is 14.1. The molecule has 0 aliphatic heterocycles. The van der Waals surface area contributed by atoms with E-state index in [9.17, 15) is 4.79 Å². The molecule has 0 fully saturated rings. The maximum Gasteiger partial charge on any atom is 0.339 e. The predicted octanol–water partition coefficient (Wildman–Crippen LogP) is 3.10. The predicted molar refractivity (Wildman–Crippen MR) is 64.3 cm³/mol. The summed E-state index contributed by atoms with van der Waals surface area (Å²) in [4.78, 5) is 11.5. The Bertz CT molecular complexity index is 321. The van der Waals surface area contributed by atoms with Gasteiger partial charge in [0.1, 0.15) is 0 Å². The average Bonchev–Trinajstić information content (AvgIpc) is 2.15. The Balaban J connectivity index is 2.65. The van der Waals surface area contributed by atoms with E-state index in [2.05, 4.69) is 22.6 Å². The molecule has 0 heterocycles. The van der Waals surface area contributed by atoms with Crippen molar-refractivity contribution in [1.29, 1.82) is 0 Å². The lowest BCUT2D eigenvalue weighted by Gasteiger charge is -2.07. The van der Waals surface area contributed by atoms with E-state index < -0.39 is 0 Å². The van der Waals surface area contributed by atoms with Gasteiger partial charge in [-0.1, -0.05) is 26.0 Å². The van der Waals surface area contributed by atoms with Crippen molar-refractivity contribution in [1.82, 2.24) is 0 Å².